The van der Waals surface area contributed by atoms with Gasteiger partial charge in [-0.05, 0) is 25.0 Å². The molecule has 5 heteroatoms. The van der Waals surface area contributed by atoms with Gasteiger partial charge in [-0.15, -0.1) is 0 Å². The number of hydrogen-bond acceptors (Lipinski definition) is 4. The minimum absolute atomic E-state index is 0.00900. The highest BCUT2D eigenvalue weighted by molar-refractivity contribution is 5.97. The zero-order chi connectivity index (χ0) is 15.0. The van der Waals surface area contributed by atoms with E-state index < -0.39 is 0 Å². The van der Waals surface area contributed by atoms with E-state index in [-0.39, 0.29) is 24.1 Å². The molecule has 0 atom stereocenters. The van der Waals surface area contributed by atoms with E-state index in [4.69, 9.17) is 10.4 Å². The standard InChI is InChI=1S/C15H19N3O2/c1-11(2)18-15(20)14(7-16)9-17-8-12-3-5-13(10-19)6-4-12/h3-6,9,11,17,19H,8,10H2,1-2H3,(H,18,20)/b14-9-. The summed E-state index contributed by atoms with van der Waals surface area (Å²) in [6.45, 7) is 4.19. The number of nitrogens with zero attached hydrogens (tertiary/aromatic N) is 1. The molecule has 0 saturated heterocycles. The van der Waals surface area contributed by atoms with Crippen LogP contribution in [0.25, 0.3) is 0 Å². The Morgan fingerprint density at radius 2 is 1.95 bits per heavy atom. The van der Waals surface area contributed by atoms with E-state index in [2.05, 4.69) is 10.6 Å². The third-order valence-corrected chi connectivity index (χ3v) is 2.54. The third kappa shape index (κ3) is 5.12. The number of benzene rings is 1. The fourth-order valence-electron chi connectivity index (χ4n) is 1.52. The molecule has 3 N–H and O–H groups in total. The number of nitriles is 1. The van der Waals surface area contributed by atoms with E-state index in [0.29, 0.717) is 6.54 Å². The van der Waals surface area contributed by atoms with Crippen LogP contribution >= 0.6 is 0 Å². The van der Waals surface area contributed by atoms with Gasteiger partial charge in [0, 0.05) is 18.8 Å². The molecular weight excluding hydrogens is 254 g/mol. The molecule has 0 aromatic heterocycles. The van der Waals surface area contributed by atoms with E-state index in [1.165, 1.54) is 6.20 Å². The Labute approximate surface area is 118 Å². The van der Waals surface area contributed by atoms with Crippen LogP contribution in [0.5, 0.6) is 0 Å². The van der Waals surface area contributed by atoms with Crippen molar-refractivity contribution in [2.45, 2.75) is 33.0 Å². The first-order valence-electron chi connectivity index (χ1n) is 6.40. The van der Waals surface area contributed by atoms with Crippen molar-refractivity contribution in [3.05, 3.63) is 47.2 Å². The number of rotatable bonds is 6. The Balaban J connectivity index is 2.56. The zero-order valence-corrected chi connectivity index (χ0v) is 11.7. The maximum atomic E-state index is 11.6. The van der Waals surface area contributed by atoms with Crippen LogP contribution in [-0.2, 0) is 17.9 Å². The molecule has 1 amide bonds. The van der Waals surface area contributed by atoms with Gasteiger partial charge in [-0.1, -0.05) is 24.3 Å². The monoisotopic (exact) mass is 273 g/mol. The van der Waals surface area contributed by atoms with Crippen LogP contribution in [0, 0.1) is 11.3 Å². The molecule has 0 aliphatic heterocycles. The molecule has 0 aliphatic rings. The Bertz CT molecular complexity index is 513. The van der Waals surface area contributed by atoms with Crippen molar-refractivity contribution in [1.82, 2.24) is 10.6 Å². The zero-order valence-electron chi connectivity index (χ0n) is 11.7. The summed E-state index contributed by atoms with van der Waals surface area (Å²) in [4.78, 5) is 11.6. The summed E-state index contributed by atoms with van der Waals surface area (Å²) in [7, 11) is 0. The summed E-state index contributed by atoms with van der Waals surface area (Å²) < 4.78 is 0. The van der Waals surface area contributed by atoms with Gasteiger partial charge in [-0.25, -0.2) is 0 Å². The van der Waals surface area contributed by atoms with Crippen LogP contribution in [-0.4, -0.2) is 17.1 Å². The van der Waals surface area contributed by atoms with Crippen LogP contribution in [0.2, 0.25) is 0 Å². The van der Waals surface area contributed by atoms with Crippen molar-refractivity contribution in [2.75, 3.05) is 0 Å². The number of nitrogens with one attached hydrogen (secondary N) is 2. The second-order valence-electron chi connectivity index (χ2n) is 4.65. The van der Waals surface area contributed by atoms with Crippen LogP contribution in [0.3, 0.4) is 0 Å². The highest BCUT2D eigenvalue weighted by Gasteiger charge is 2.09. The molecule has 0 spiro atoms. The second kappa shape index (κ2) is 7.97. The lowest BCUT2D eigenvalue weighted by Gasteiger charge is -2.07. The minimum atomic E-state index is -0.384. The van der Waals surface area contributed by atoms with Crippen molar-refractivity contribution in [1.29, 1.82) is 5.26 Å². The van der Waals surface area contributed by atoms with Crippen molar-refractivity contribution in [3.8, 4) is 6.07 Å². The van der Waals surface area contributed by atoms with Crippen molar-refractivity contribution in [2.24, 2.45) is 0 Å². The number of aliphatic hydroxyl groups excluding tert-OH is 1. The Morgan fingerprint density at radius 3 is 2.45 bits per heavy atom. The molecule has 1 rings (SSSR count). The number of hydrogen-bond donors (Lipinski definition) is 3. The van der Waals surface area contributed by atoms with E-state index in [0.717, 1.165) is 11.1 Å². The molecule has 0 heterocycles. The first-order valence-corrected chi connectivity index (χ1v) is 6.40. The topological polar surface area (TPSA) is 85.2 Å². The molecule has 5 nitrogen and oxygen atoms in total. The van der Waals surface area contributed by atoms with Gasteiger partial charge in [0.15, 0.2) is 0 Å². The van der Waals surface area contributed by atoms with Crippen molar-refractivity contribution < 1.29 is 9.90 Å². The molecule has 0 bridgehead atoms. The quantitative estimate of drug-likeness (QED) is 0.537. The first-order chi connectivity index (χ1) is 9.56. The molecule has 0 aliphatic carbocycles. The molecule has 1 aromatic carbocycles. The fourth-order valence-corrected chi connectivity index (χ4v) is 1.52. The summed E-state index contributed by atoms with van der Waals surface area (Å²) in [5.41, 5.74) is 1.89. The maximum Gasteiger partial charge on any atom is 0.263 e. The normalized spacial score (nSPS) is 11.1. The van der Waals surface area contributed by atoms with Gasteiger partial charge in [0.05, 0.1) is 6.61 Å². The summed E-state index contributed by atoms with van der Waals surface area (Å²) in [5, 5.41) is 23.5. The molecular formula is C15H19N3O2. The molecule has 0 unspecified atom stereocenters. The smallest absolute Gasteiger partial charge is 0.263 e. The minimum Gasteiger partial charge on any atom is -0.392 e. The van der Waals surface area contributed by atoms with Gasteiger partial charge >= 0.3 is 0 Å². The number of amides is 1. The summed E-state index contributed by atoms with van der Waals surface area (Å²) in [6.07, 6.45) is 1.41. The maximum absolute atomic E-state index is 11.6. The van der Waals surface area contributed by atoms with E-state index >= 15 is 0 Å². The molecule has 0 saturated carbocycles. The lowest BCUT2D eigenvalue weighted by atomic mass is 10.1. The molecule has 20 heavy (non-hydrogen) atoms. The summed E-state index contributed by atoms with van der Waals surface area (Å²) in [5.74, 6) is -0.384. The van der Waals surface area contributed by atoms with Gasteiger partial charge in [0.25, 0.3) is 5.91 Å². The lowest BCUT2D eigenvalue weighted by molar-refractivity contribution is -0.117. The largest absolute Gasteiger partial charge is 0.392 e. The second-order valence-corrected chi connectivity index (χ2v) is 4.65. The van der Waals surface area contributed by atoms with Crippen LogP contribution < -0.4 is 10.6 Å². The van der Waals surface area contributed by atoms with E-state index in [9.17, 15) is 4.79 Å². The third-order valence-electron chi connectivity index (χ3n) is 2.54. The Morgan fingerprint density at radius 1 is 1.35 bits per heavy atom. The molecule has 0 fully saturated rings. The van der Waals surface area contributed by atoms with Gasteiger partial charge < -0.3 is 15.7 Å². The molecule has 0 radical (unpaired) electrons. The first kappa shape index (κ1) is 15.7. The number of carbonyl (C=O) groups is 1. The van der Waals surface area contributed by atoms with Gasteiger partial charge in [0.1, 0.15) is 11.6 Å². The Kier molecular flexibility index (Phi) is 6.27. The fraction of sp³-hybridized carbons (Fsp3) is 0.333. The Hall–Kier alpha value is -2.32. The predicted octanol–water partition coefficient (Wildman–Crippen LogP) is 1.20. The molecule has 1 aromatic rings. The average Bonchev–Trinajstić information content (AvgIpc) is 2.43. The van der Waals surface area contributed by atoms with Crippen LogP contribution in [0.15, 0.2) is 36.0 Å². The van der Waals surface area contributed by atoms with E-state index in [1.807, 2.05) is 44.2 Å². The number of carbonyl (C=O) groups excluding carboxylic acids is 1. The highest BCUT2D eigenvalue weighted by atomic mass is 16.3. The number of aliphatic hydroxyl groups is 1. The van der Waals surface area contributed by atoms with Crippen LogP contribution in [0.4, 0.5) is 0 Å². The summed E-state index contributed by atoms with van der Waals surface area (Å²) in [6, 6.07) is 9.28. The van der Waals surface area contributed by atoms with Gasteiger partial charge in [-0.3, -0.25) is 4.79 Å². The molecule has 106 valence electrons. The van der Waals surface area contributed by atoms with Crippen LogP contribution in [0.1, 0.15) is 25.0 Å². The lowest BCUT2D eigenvalue weighted by Crippen LogP contribution is -2.31. The van der Waals surface area contributed by atoms with Gasteiger partial charge in [0.2, 0.25) is 0 Å². The highest BCUT2D eigenvalue weighted by Crippen LogP contribution is 2.04. The van der Waals surface area contributed by atoms with Crippen molar-refractivity contribution >= 4 is 5.91 Å². The summed E-state index contributed by atoms with van der Waals surface area (Å²) >= 11 is 0. The average molecular weight is 273 g/mol. The predicted molar refractivity (Wildman–Crippen MR) is 76.2 cm³/mol. The van der Waals surface area contributed by atoms with Crippen molar-refractivity contribution in [3.63, 3.8) is 0 Å². The van der Waals surface area contributed by atoms with E-state index in [1.54, 1.807) is 0 Å². The SMILES string of the molecule is CC(C)NC(=O)/C(C#N)=C\NCc1ccc(CO)cc1. The van der Waals surface area contributed by atoms with Gasteiger partial charge in [-0.2, -0.15) is 5.26 Å².